The van der Waals surface area contributed by atoms with Crippen molar-refractivity contribution in [3.05, 3.63) is 23.8 Å². The molecule has 2 nitrogen and oxygen atoms in total. The second kappa shape index (κ2) is 7.44. The summed E-state index contributed by atoms with van der Waals surface area (Å²) in [7, 11) is 3.47. The van der Waals surface area contributed by atoms with Crippen LogP contribution in [-0.2, 0) is 6.42 Å². The minimum atomic E-state index is 0.502. The van der Waals surface area contributed by atoms with Gasteiger partial charge in [0.05, 0.1) is 14.2 Å². The predicted molar refractivity (Wildman–Crippen MR) is 109 cm³/mol. The van der Waals surface area contributed by atoms with Crippen LogP contribution in [0.4, 0.5) is 0 Å². The summed E-state index contributed by atoms with van der Waals surface area (Å²) in [6.07, 6.45) is 9.44. The van der Waals surface area contributed by atoms with Crippen LogP contribution in [0.1, 0.15) is 71.8 Å². The van der Waals surface area contributed by atoms with Crippen molar-refractivity contribution in [2.75, 3.05) is 14.2 Å². The van der Waals surface area contributed by atoms with Crippen molar-refractivity contribution in [1.82, 2.24) is 0 Å². The highest BCUT2D eigenvalue weighted by molar-refractivity contribution is 5.38. The topological polar surface area (TPSA) is 18.5 Å². The molecule has 2 heteroatoms. The molecule has 0 amide bonds. The van der Waals surface area contributed by atoms with Gasteiger partial charge in [0.15, 0.2) is 0 Å². The summed E-state index contributed by atoms with van der Waals surface area (Å²) in [4.78, 5) is 0. The average molecular weight is 359 g/mol. The Hall–Kier alpha value is -1.18. The van der Waals surface area contributed by atoms with Gasteiger partial charge >= 0.3 is 0 Å². The SMILES string of the molecule is COc1cc(CCC2[C@@H](C)CC[C@H]3C(C)(C)CCC[C@]23C)cc(OC)c1. The molecule has 0 spiro atoms. The molecule has 3 rings (SSSR count). The van der Waals surface area contributed by atoms with E-state index in [1.807, 2.05) is 6.07 Å². The highest BCUT2D eigenvalue weighted by Gasteiger charge is 2.53. The highest BCUT2D eigenvalue weighted by Crippen LogP contribution is 2.61. The molecule has 146 valence electrons. The van der Waals surface area contributed by atoms with Crippen LogP contribution in [0.2, 0.25) is 0 Å². The van der Waals surface area contributed by atoms with Gasteiger partial charge in [-0.25, -0.2) is 0 Å². The summed E-state index contributed by atoms with van der Waals surface area (Å²) in [5.74, 6) is 4.33. The fraction of sp³-hybridized carbons (Fsp3) is 0.750. The molecule has 2 aliphatic carbocycles. The zero-order valence-electron chi connectivity index (χ0n) is 17.7. The third kappa shape index (κ3) is 3.62. The minimum absolute atomic E-state index is 0.502. The second-order valence-corrected chi connectivity index (χ2v) is 9.82. The van der Waals surface area contributed by atoms with Crippen molar-refractivity contribution in [3.63, 3.8) is 0 Å². The van der Waals surface area contributed by atoms with Crippen LogP contribution in [0.25, 0.3) is 0 Å². The lowest BCUT2D eigenvalue weighted by molar-refractivity contribution is -0.0957. The van der Waals surface area contributed by atoms with Crippen LogP contribution in [-0.4, -0.2) is 14.2 Å². The molecule has 0 N–H and O–H groups in total. The Morgan fingerprint density at radius 2 is 1.62 bits per heavy atom. The third-order valence-corrected chi connectivity index (χ3v) is 7.88. The molecule has 2 fully saturated rings. The molecule has 0 aliphatic heterocycles. The first-order valence-electron chi connectivity index (χ1n) is 10.5. The van der Waals surface area contributed by atoms with Crippen LogP contribution >= 0.6 is 0 Å². The summed E-state index contributed by atoms with van der Waals surface area (Å²) in [5, 5.41) is 0. The molecule has 0 radical (unpaired) electrons. The highest BCUT2D eigenvalue weighted by atomic mass is 16.5. The fourth-order valence-corrected chi connectivity index (χ4v) is 6.56. The number of rotatable bonds is 5. The van der Waals surface area contributed by atoms with Gasteiger partial charge in [0.1, 0.15) is 11.5 Å². The molecule has 1 unspecified atom stereocenters. The van der Waals surface area contributed by atoms with Crippen LogP contribution in [0.3, 0.4) is 0 Å². The first kappa shape index (κ1) is 19.6. The quantitative estimate of drug-likeness (QED) is 0.597. The van der Waals surface area contributed by atoms with E-state index < -0.39 is 0 Å². The van der Waals surface area contributed by atoms with Crippen molar-refractivity contribution >= 4 is 0 Å². The van der Waals surface area contributed by atoms with Crippen LogP contribution in [0.15, 0.2) is 18.2 Å². The maximum absolute atomic E-state index is 5.46. The number of hydrogen-bond acceptors (Lipinski definition) is 2. The first-order chi connectivity index (χ1) is 12.3. The van der Waals surface area contributed by atoms with E-state index >= 15 is 0 Å². The maximum Gasteiger partial charge on any atom is 0.122 e. The van der Waals surface area contributed by atoms with E-state index in [9.17, 15) is 0 Å². The van der Waals surface area contributed by atoms with Crippen LogP contribution in [0.5, 0.6) is 11.5 Å². The second-order valence-electron chi connectivity index (χ2n) is 9.82. The number of benzene rings is 1. The molecule has 2 saturated carbocycles. The lowest BCUT2D eigenvalue weighted by Crippen LogP contribution is -2.51. The smallest absolute Gasteiger partial charge is 0.122 e. The van der Waals surface area contributed by atoms with E-state index in [-0.39, 0.29) is 0 Å². The van der Waals surface area contributed by atoms with Gasteiger partial charge in [0.25, 0.3) is 0 Å². The van der Waals surface area contributed by atoms with Crippen molar-refractivity contribution < 1.29 is 9.47 Å². The lowest BCUT2D eigenvalue weighted by Gasteiger charge is -2.59. The molecule has 0 bridgehead atoms. The molecule has 0 heterocycles. The Bertz CT molecular complexity index is 598. The van der Waals surface area contributed by atoms with Gasteiger partial charge in [0, 0.05) is 6.07 Å². The summed E-state index contributed by atoms with van der Waals surface area (Å²) in [6.45, 7) is 10.2. The van der Waals surface area contributed by atoms with Gasteiger partial charge in [-0.15, -0.1) is 0 Å². The molecule has 0 aromatic heterocycles. The largest absolute Gasteiger partial charge is 0.497 e. The summed E-state index contributed by atoms with van der Waals surface area (Å²) in [5.41, 5.74) is 2.35. The Labute approximate surface area is 160 Å². The zero-order valence-corrected chi connectivity index (χ0v) is 17.7. The van der Waals surface area contributed by atoms with Gasteiger partial charge < -0.3 is 9.47 Å². The van der Waals surface area contributed by atoms with Gasteiger partial charge in [-0.3, -0.25) is 0 Å². The Morgan fingerprint density at radius 3 is 2.23 bits per heavy atom. The third-order valence-electron chi connectivity index (χ3n) is 7.88. The fourth-order valence-electron chi connectivity index (χ4n) is 6.56. The summed E-state index contributed by atoms with van der Waals surface area (Å²) in [6, 6.07) is 6.33. The van der Waals surface area contributed by atoms with E-state index in [0.29, 0.717) is 10.8 Å². The predicted octanol–water partition coefficient (Wildman–Crippen LogP) is 6.52. The van der Waals surface area contributed by atoms with Gasteiger partial charge in [-0.05, 0) is 78.4 Å². The van der Waals surface area contributed by atoms with Crippen molar-refractivity contribution in [2.24, 2.45) is 28.6 Å². The van der Waals surface area contributed by atoms with Crippen LogP contribution in [0, 0.1) is 28.6 Å². The molecule has 1 aromatic rings. The van der Waals surface area contributed by atoms with E-state index in [0.717, 1.165) is 35.7 Å². The van der Waals surface area contributed by atoms with E-state index in [1.54, 1.807) is 14.2 Å². The Morgan fingerprint density at radius 1 is 0.962 bits per heavy atom. The van der Waals surface area contributed by atoms with Gasteiger partial charge in [-0.2, -0.15) is 0 Å². The number of methoxy groups -OCH3 is 2. The summed E-state index contributed by atoms with van der Waals surface area (Å²) >= 11 is 0. The molecule has 4 atom stereocenters. The normalized spacial score (nSPS) is 33.4. The Kier molecular flexibility index (Phi) is 5.61. The molecule has 1 aromatic carbocycles. The number of hydrogen-bond donors (Lipinski definition) is 0. The minimum Gasteiger partial charge on any atom is -0.497 e. The van der Waals surface area contributed by atoms with Crippen molar-refractivity contribution in [1.29, 1.82) is 0 Å². The number of aryl methyl sites for hydroxylation is 1. The van der Waals surface area contributed by atoms with Crippen molar-refractivity contribution in [2.45, 2.75) is 72.6 Å². The molecule has 26 heavy (non-hydrogen) atoms. The van der Waals surface area contributed by atoms with E-state index in [2.05, 4.69) is 39.8 Å². The van der Waals surface area contributed by atoms with E-state index in [1.165, 1.54) is 44.1 Å². The standard InChI is InChI=1S/C24H38O2/c1-17-8-11-22-23(2,3)12-7-13-24(22,4)21(17)10-9-18-14-19(25-5)16-20(15-18)26-6/h14-17,21-22H,7-13H2,1-6H3/t17-,21?,22-,24+/m0/s1. The van der Waals surface area contributed by atoms with Crippen LogP contribution < -0.4 is 9.47 Å². The molecular weight excluding hydrogens is 320 g/mol. The Balaban J connectivity index is 1.79. The van der Waals surface area contributed by atoms with E-state index in [4.69, 9.17) is 9.47 Å². The molecular formula is C24H38O2. The molecule has 0 saturated heterocycles. The number of fused-ring (bicyclic) bond motifs is 1. The first-order valence-corrected chi connectivity index (χ1v) is 10.5. The maximum atomic E-state index is 5.46. The average Bonchev–Trinajstić information content (AvgIpc) is 2.59. The van der Waals surface area contributed by atoms with Gasteiger partial charge in [-0.1, -0.05) is 40.5 Å². The monoisotopic (exact) mass is 358 g/mol. The lowest BCUT2D eigenvalue weighted by atomic mass is 9.46. The van der Waals surface area contributed by atoms with Crippen molar-refractivity contribution in [3.8, 4) is 11.5 Å². The summed E-state index contributed by atoms with van der Waals surface area (Å²) < 4.78 is 10.9. The zero-order chi connectivity index (χ0) is 18.9. The number of ether oxygens (including phenoxy) is 2. The van der Waals surface area contributed by atoms with Gasteiger partial charge in [0.2, 0.25) is 0 Å². The molecule has 2 aliphatic rings.